The number of hydrogen-bond donors (Lipinski definition) is 1. The lowest BCUT2D eigenvalue weighted by atomic mass is 9.98. The molecular weight excluding hydrogens is 264 g/mol. The van der Waals surface area contributed by atoms with Gasteiger partial charge in [0, 0.05) is 12.2 Å². The second kappa shape index (κ2) is 7.31. The summed E-state index contributed by atoms with van der Waals surface area (Å²) in [5, 5.41) is 7.60. The Balaban J connectivity index is 2.20. The van der Waals surface area contributed by atoms with Crippen molar-refractivity contribution in [2.75, 3.05) is 6.54 Å². The van der Waals surface area contributed by atoms with E-state index in [0.717, 1.165) is 30.6 Å². The minimum absolute atomic E-state index is 0.224. The van der Waals surface area contributed by atoms with Gasteiger partial charge in [0.1, 0.15) is 5.69 Å². The van der Waals surface area contributed by atoms with E-state index in [0.29, 0.717) is 17.8 Å². The van der Waals surface area contributed by atoms with Crippen molar-refractivity contribution in [1.29, 1.82) is 0 Å². The molecule has 2 aromatic rings. The maximum Gasteiger partial charge on any atom is 0.231 e. The zero-order chi connectivity index (χ0) is 15.2. The molecule has 0 fully saturated rings. The number of nitrogens with zero attached hydrogens (tertiary/aromatic N) is 3. The van der Waals surface area contributed by atoms with Crippen LogP contribution in [0.25, 0.3) is 11.5 Å². The first-order chi connectivity index (χ1) is 10.2. The van der Waals surface area contributed by atoms with E-state index in [1.807, 2.05) is 19.1 Å². The van der Waals surface area contributed by atoms with Gasteiger partial charge < -0.3 is 9.84 Å². The molecule has 2 heterocycles. The maximum absolute atomic E-state index is 5.49. The van der Waals surface area contributed by atoms with E-state index >= 15 is 0 Å². The third-order valence-electron chi connectivity index (χ3n) is 3.74. The third kappa shape index (κ3) is 3.67. The molecule has 0 saturated carbocycles. The van der Waals surface area contributed by atoms with E-state index in [1.165, 1.54) is 0 Å². The summed E-state index contributed by atoms with van der Waals surface area (Å²) in [4.78, 5) is 8.90. The molecule has 2 rings (SSSR count). The monoisotopic (exact) mass is 288 g/mol. The Kier molecular flexibility index (Phi) is 5.44. The average molecular weight is 288 g/mol. The molecule has 0 amide bonds. The molecule has 0 bridgehead atoms. The van der Waals surface area contributed by atoms with Gasteiger partial charge in [-0.05, 0) is 44.9 Å². The second-order valence-electron chi connectivity index (χ2n) is 5.38. The van der Waals surface area contributed by atoms with E-state index < -0.39 is 0 Å². The van der Waals surface area contributed by atoms with Crippen LogP contribution in [-0.2, 0) is 0 Å². The highest BCUT2D eigenvalue weighted by Crippen LogP contribution is 2.25. The Hall–Kier alpha value is -1.75. The Labute approximate surface area is 126 Å². The van der Waals surface area contributed by atoms with Crippen molar-refractivity contribution < 1.29 is 4.52 Å². The summed E-state index contributed by atoms with van der Waals surface area (Å²) in [7, 11) is 0. The lowest BCUT2D eigenvalue weighted by Crippen LogP contribution is -2.32. The van der Waals surface area contributed by atoms with Crippen molar-refractivity contribution in [2.45, 2.75) is 52.5 Å². The van der Waals surface area contributed by atoms with Crippen LogP contribution in [0.15, 0.2) is 22.9 Å². The molecule has 0 radical (unpaired) electrons. The minimum Gasteiger partial charge on any atom is -0.339 e. The van der Waals surface area contributed by atoms with Crippen molar-refractivity contribution in [3.63, 3.8) is 0 Å². The lowest BCUT2D eigenvalue weighted by Gasteiger charge is -2.20. The van der Waals surface area contributed by atoms with Crippen molar-refractivity contribution in [3.8, 4) is 11.5 Å². The molecule has 2 atom stereocenters. The summed E-state index contributed by atoms with van der Waals surface area (Å²) in [6.45, 7) is 9.47. The van der Waals surface area contributed by atoms with E-state index in [1.54, 1.807) is 6.20 Å². The van der Waals surface area contributed by atoms with Gasteiger partial charge in [-0.15, -0.1) is 0 Å². The molecule has 1 N–H and O–H groups in total. The largest absolute Gasteiger partial charge is 0.339 e. The van der Waals surface area contributed by atoms with E-state index in [4.69, 9.17) is 4.52 Å². The van der Waals surface area contributed by atoms with Crippen molar-refractivity contribution in [1.82, 2.24) is 20.4 Å². The first-order valence-electron chi connectivity index (χ1n) is 7.66. The number of pyridine rings is 1. The summed E-state index contributed by atoms with van der Waals surface area (Å²) < 4.78 is 5.49. The van der Waals surface area contributed by atoms with Gasteiger partial charge in [-0.2, -0.15) is 4.98 Å². The molecule has 0 spiro atoms. The highest BCUT2D eigenvalue weighted by atomic mass is 16.5. The first-order valence-corrected chi connectivity index (χ1v) is 7.66. The van der Waals surface area contributed by atoms with Crippen molar-refractivity contribution >= 4 is 0 Å². The van der Waals surface area contributed by atoms with Gasteiger partial charge in [-0.25, -0.2) is 0 Å². The molecule has 21 heavy (non-hydrogen) atoms. The zero-order valence-corrected chi connectivity index (χ0v) is 13.3. The molecule has 0 aromatic carbocycles. The number of aromatic nitrogens is 3. The maximum atomic E-state index is 5.49. The Morgan fingerprint density at radius 1 is 1.33 bits per heavy atom. The Morgan fingerprint density at radius 3 is 2.81 bits per heavy atom. The standard InChI is InChI=1S/C16H24N4O/c1-5-9-17-12(4)13(6-2)16-19-15(20-21-16)14-11(3)8-7-10-18-14/h7-8,10,12-13,17H,5-6,9H2,1-4H3. The molecule has 0 aliphatic rings. The van der Waals surface area contributed by atoms with Crippen LogP contribution in [-0.4, -0.2) is 27.7 Å². The van der Waals surface area contributed by atoms with Gasteiger partial charge in [0.2, 0.25) is 11.7 Å². The van der Waals surface area contributed by atoms with Crippen molar-refractivity contribution in [3.05, 3.63) is 29.8 Å². The zero-order valence-electron chi connectivity index (χ0n) is 13.3. The number of hydrogen-bond acceptors (Lipinski definition) is 5. The van der Waals surface area contributed by atoms with Gasteiger partial charge in [0.25, 0.3) is 0 Å². The van der Waals surface area contributed by atoms with E-state index in [2.05, 4.69) is 41.2 Å². The predicted molar refractivity (Wildman–Crippen MR) is 83.1 cm³/mol. The van der Waals surface area contributed by atoms with E-state index in [9.17, 15) is 0 Å². The molecule has 5 heteroatoms. The molecule has 0 saturated heterocycles. The van der Waals surface area contributed by atoms with Gasteiger partial charge in [0.15, 0.2) is 0 Å². The second-order valence-corrected chi connectivity index (χ2v) is 5.38. The normalized spacial score (nSPS) is 14.1. The number of rotatable bonds is 7. The molecule has 5 nitrogen and oxygen atoms in total. The first kappa shape index (κ1) is 15.6. The molecule has 2 aromatic heterocycles. The fourth-order valence-corrected chi connectivity index (χ4v) is 2.46. The number of nitrogens with one attached hydrogen (secondary N) is 1. The molecular formula is C16H24N4O. The fourth-order valence-electron chi connectivity index (χ4n) is 2.46. The van der Waals surface area contributed by atoms with Crippen LogP contribution >= 0.6 is 0 Å². The third-order valence-corrected chi connectivity index (χ3v) is 3.74. The smallest absolute Gasteiger partial charge is 0.231 e. The van der Waals surface area contributed by atoms with Crippen LogP contribution < -0.4 is 5.32 Å². The van der Waals surface area contributed by atoms with Gasteiger partial charge >= 0.3 is 0 Å². The average Bonchev–Trinajstić information content (AvgIpc) is 2.95. The molecule has 0 aliphatic heterocycles. The van der Waals surface area contributed by atoms with Crippen molar-refractivity contribution in [2.24, 2.45) is 0 Å². The lowest BCUT2D eigenvalue weighted by molar-refractivity contribution is 0.316. The minimum atomic E-state index is 0.224. The van der Waals surface area contributed by atoms with Crippen LogP contribution in [0.4, 0.5) is 0 Å². The van der Waals surface area contributed by atoms with Gasteiger partial charge in [-0.3, -0.25) is 4.98 Å². The quantitative estimate of drug-likeness (QED) is 0.846. The topological polar surface area (TPSA) is 63.8 Å². The summed E-state index contributed by atoms with van der Waals surface area (Å²) in [6.07, 6.45) is 3.82. The predicted octanol–water partition coefficient (Wildman–Crippen LogP) is 3.32. The summed E-state index contributed by atoms with van der Waals surface area (Å²) in [6, 6.07) is 4.22. The van der Waals surface area contributed by atoms with Gasteiger partial charge in [-0.1, -0.05) is 25.1 Å². The molecule has 2 unspecified atom stereocenters. The summed E-state index contributed by atoms with van der Waals surface area (Å²) in [5.74, 6) is 1.49. The summed E-state index contributed by atoms with van der Waals surface area (Å²) in [5.41, 5.74) is 1.84. The van der Waals surface area contributed by atoms with Crippen LogP contribution in [0.2, 0.25) is 0 Å². The fraction of sp³-hybridized carbons (Fsp3) is 0.562. The summed E-state index contributed by atoms with van der Waals surface area (Å²) >= 11 is 0. The Morgan fingerprint density at radius 2 is 2.14 bits per heavy atom. The van der Waals surface area contributed by atoms with Crippen LogP contribution in [0.1, 0.15) is 51.0 Å². The van der Waals surface area contributed by atoms with Crippen LogP contribution in [0.3, 0.4) is 0 Å². The van der Waals surface area contributed by atoms with Gasteiger partial charge in [0.05, 0.1) is 5.92 Å². The highest BCUT2D eigenvalue weighted by Gasteiger charge is 2.24. The SMILES string of the molecule is CCCNC(C)C(CC)c1nc(-c2ncccc2C)no1. The van der Waals surface area contributed by atoms with E-state index in [-0.39, 0.29) is 5.92 Å². The Bertz CT molecular complexity index is 567. The highest BCUT2D eigenvalue weighted by molar-refractivity contribution is 5.53. The molecule has 114 valence electrons. The molecule has 0 aliphatic carbocycles. The number of aryl methyl sites for hydroxylation is 1. The van der Waals surface area contributed by atoms with Crippen LogP contribution in [0.5, 0.6) is 0 Å². The van der Waals surface area contributed by atoms with Crippen LogP contribution in [0, 0.1) is 6.92 Å².